The molecule has 0 bridgehead atoms. The standard InChI is InChI=1S/C15H23FN2/c1-2-15-7-10-18(9-4-8-17-15)12-13-5-3-6-14(16)11-13/h3,5-6,11,15,17H,2,4,7-10,12H2,1H3. The molecule has 1 saturated heterocycles. The molecule has 0 amide bonds. The maximum absolute atomic E-state index is 13.2. The van der Waals surface area contributed by atoms with Crippen molar-refractivity contribution in [1.29, 1.82) is 0 Å². The number of hydrogen-bond acceptors (Lipinski definition) is 2. The molecule has 18 heavy (non-hydrogen) atoms. The lowest BCUT2D eigenvalue weighted by molar-refractivity contribution is 0.224. The van der Waals surface area contributed by atoms with Crippen LogP contribution in [0.4, 0.5) is 4.39 Å². The summed E-state index contributed by atoms with van der Waals surface area (Å²) in [4.78, 5) is 2.44. The highest BCUT2D eigenvalue weighted by molar-refractivity contribution is 5.16. The molecule has 0 aliphatic carbocycles. The summed E-state index contributed by atoms with van der Waals surface area (Å²) >= 11 is 0. The van der Waals surface area contributed by atoms with Gasteiger partial charge in [-0.25, -0.2) is 4.39 Å². The number of hydrogen-bond donors (Lipinski definition) is 1. The van der Waals surface area contributed by atoms with E-state index in [0.717, 1.165) is 31.7 Å². The number of benzene rings is 1. The van der Waals surface area contributed by atoms with Crippen LogP contribution in [0.1, 0.15) is 31.7 Å². The molecular weight excluding hydrogens is 227 g/mol. The van der Waals surface area contributed by atoms with E-state index in [-0.39, 0.29) is 5.82 Å². The first kappa shape index (κ1) is 13.5. The van der Waals surface area contributed by atoms with Crippen LogP contribution in [0.15, 0.2) is 24.3 Å². The van der Waals surface area contributed by atoms with Crippen molar-refractivity contribution >= 4 is 0 Å². The highest BCUT2D eigenvalue weighted by Crippen LogP contribution is 2.11. The van der Waals surface area contributed by atoms with E-state index < -0.39 is 0 Å². The van der Waals surface area contributed by atoms with E-state index in [9.17, 15) is 4.39 Å². The van der Waals surface area contributed by atoms with Gasteiger partial charge >= 0.3 is 0 Å². The van der Waals surface area contributed by atoms with Crippen LogP contribution in [0.25, 0.3) is 0 Å². The van der Waals surface area contributed by atoms with Crippen LogP contribution < -0.4 is 5.32 Å². The Labute approximate surface area is 109 Å². The van der Waals surface area contributed by atoms with E-state index in [1.165, 1.54) is 25.3 Å². The third-order valence-electron chi connectivity index (χ3n) is 3.67. The first-order chi connectivity index (χ1) is 8.78. The molecule has 2 rings (SSSR count). The fraction of sp³-hybridized carbons (Fsp3) is 0.600. The summed E-state index contributed by atoms with van der Waals surface area (Å²) in [5.74, 6) is -0.132. The molecule has 100 valence electrons. The highest BCUT2D eigenvalue weighted by atomic mass is 19.1. The zero-order chi connectivity index (χ0) is 12.8. The summed E-state index contributed by atoms with van der Waals surface area (Å²) in [5.41, 5.74) is 1.08. The van der Waals surface area contributed by atoms with Gasteiger partial charge in [-0.3, -0.25) is 4.90 Å². The number of nitrogens with one attached hydrogen (secondary N) is 1. The van der Waals surface area contributed by atoms with Crippen molar-refractivity contribution in [2.45, 2.75) is 38.8 Å². The fourth-order valence-corrected chi connectivity index (χ4v) is 2.56. The van der Waals surface area contributed by atoms with Gasteiger partial charge in [0.05, 0.1) is 0 Å². The van der Waals surface area contributed by atoms with E-state index in [4.69, 9.17) is 0 Å². The Morgan fingerprint density at radius 3 is 3.06 bits per heavy atom. The van der Waals surface area contributed by atoms with E-state index in [0.29, 0.717) is 6.04 Å². The summed E-state index contributed by atoms with van der Waals surface area (Å²) in [6.07, 6.45) is 3.55. The molecule has 1 aromatic rings. The zero-order valence-electron chi connectivity index (χ0n) is 11.2. The Morgan fingerprint density at radius 1 is 1.39 bits per heavy atom. The average molecular weight is 250 g/mol. The quantitative estimate of drug-likeness (QED) is 0.887. The predicted molar refractivity (Wildman–Crippen MR) is 73.0 cm³/mol. The van der Waals surface area contributed by atoms with Crippen LogP contribution in [0, 0.1) is 5.82 Å². The van der Waals surface area contributed by atoms with Crippen LogP contribution >= 0.6 is 0 Å². The second-order valence-electron chi connectivity index (χ2n) is 5.11. The van der Waals surface area contributed by atoms with E-state index >= 15 is 0 Å². The van der Waals surface area contributed by atoms with Crippen LogP contribution in [0.3, 0.4) is 0 Å². The average Bonchev–Trinajstić information content (AvgIpc) is 2.33. The van der Waals surface area contributed by atoms with Gasteiger partial charge < -0.3 is 5.32 Å². The van der Waals surface area contributed by atoms with Crippen molar-refractivity contribution < 1.29 is 4.39 Å². The Hall–Kier alpha value is -0.930. The molecule has 1 N–H and O–H groups in total. The normalized spacial score (nSPS) is 22.4. The molecule has 1 aliphatic rings. The second kappa shape index (κ2) is 6.86. The lowest BCUT2D eigenvalue weighted by Gasteiger charge is -2.28. The number of halogens is 1. The monoisotopic (exact) mass is 250 g/mol. The molecule has 3 heteroatoms. The molecule has 0 spiro atoms. The molecule has 1 unspecified atom stereocenters. The molecule has 1 aromatic carbocycles. The van der Waals surface area contributed by atoms with Gasteiger partial charge in [0.2, 0.25) is 0 Å². The smallest absolute Gasteiger partial charge is 0.123 e. The molecule has 2 nitrogen and oxygen atoms in total. The summed E-state index contributed by atoms with van der Waals surface area (Å²) in [7, 11) is 0. The van der Waals surface area contributed by atoms with Crippen molar-refractivity contribution in [3.05, 3.63) is 35.6 Å². The van der Waals surface area contributed by atoms with E-state index in [2.05, 4.69) is 17.1 Å². The third kappa shape index (κ3) is 4.07. The maximum atomic E-state index is 13.2. The van der Waals surface area contributed by atoms with Gasteiger partial charge in [-0.05, 0) is 56.6 Å². The summed E-state index contributed by atoms with van der Waals surface area (Å²) in [6.45, 7) is 6.39. The minimum absolute atomic E-state index is 0.132. The molecule has 0 radical (unpaired) electrons. The lowest BCUT2D eigenvalue weighted by Crippen LogP contribution is -2.39. The summed E-state index contributed by atoms with van der Waals surface area (Å²) in [6, 6.07) is 7.60. The summed E-state index contributed by atoms with van der Waals surface area (Å²) < 4.78 is 13.2. The molecule has 0 aromatic heterocycles. The first-order valence-electron chi connectivity index (χ1n) is 6.98. The number of rotatable bonds is 3. The minimum atomic E-state index is -0.132. The van der Waals surface area contributed by atoms with Crippen LogP contribution in [0.2, 0.25) is 0 Å². The number of nitrogens with zero attached hydrogens (tertiary/aromatic N) is 1. The molecule has 0 saturated carbocycles. The van der Waals surface area contributed by atoms with Gasteiger partial charge in [-0.15, -0.1) is 0 Å². The van der Waals surface area contributed by atoms with Gasteiger partial charge in [-0.1, -0.05) is 19.1 Å². The molecule has 1 heterocycles. The van der Waals surface area contributed by atoms with Gasteiger partial charge in [0, 0.05) is 12.6 Å². The van der Waals surface area contributed by atoms with Crippen LogP contribution in [0.5, 0.6) is 0 Å². The summed E-state index contributed by atoms with van der Waals surface area (Å²) in [5, 5.41) is 3.58. The molecule has 1 atom stereocenters. The predicted octanol–water partition coefficient (Wildman–Crippen LogP) is 2.79. The lowest BCUT2D eigenvalue weighted by atomic mass is 10.1. The Bertz CT molecular complexity index is 367. The van der Waals surface area contributed by atoms with Crippen molar-refractivity contribution in [2.24, 2.45) is 0 Å². The minimum Gasteiger partial charge on any atom is -0.314 e. The topological polar surface area (TPSA) is 15.3 Å². The fourth-order valence-electron chi connectivity index (χ4n) is 2.56. The van der Waals surface area contributed by atoms with Crippen LogP contribution in [-0.4, -0.2) is 30.6 Å². The maximum Gasteiger partial charge on any atom is 0.123 e. The third-order valence-corrected chi connectivity index (χ3v) is 3.67. The first-order valence-corrected chi connectivity index (χ1v) is 6.98. The van der Waals surface area contributed by atoms with Gasteiger partial charge in [-0.2, -0.15) is 0 Å². The SMILES string of the molecule is CCC1CCN(Cc2cccc(F)c2)CCCN1. The van der Waals surface area contributed by atoms with E-state index in [1.54, 1.807) is 12.1 Å². The van der Waals surface area contributed by atoms with Gasteiger partial charge in [0.15, 0.2) is 0 Å². The largest absolute Gasteiger partial charge is 0.314 e. The molecule has 1 aliphatic heterocycles. The zero-order valence-corrected chi connectivity index (χ0v) is 11.2. The van der Waals surface area contributed by atoms with E-state index in [1.807, 2.05) is 6.07 Å². The van der Waals surface area contributed by atoms with Crippen molar-refractivity contribution in [1.82, 2.24) is 10.2 Å². The van der Waals surface area contributed by atoms with Crippen molar-refractivity contribution in [3.63, 3.8) is 0 Å². The molecule has 1 fully saturated rings. The van der Waals surface area contributed by atoms with Crippen molar-refractivity contribution in [2.75, 3.05) is 19.6 Å². The van der Waals surface area contributed by atoms with Gasteiger partial charge in [0.1, 0.15) is 5.82 Å². The second-order valence-corrected chi connectivity index (χ2v) is 5.11. The molecular formula is C15H23FN2. The highest BCUT2D eigenvalue weighted by Gasteiger charge is 2.13. The van der Waals surface area contributed by atoms with Gasteiger partial charge in [0.25, 0.3) is 0 Å². The Balaban J connectivity index is 1.91. The van der Waals surface area contributed by atoms with Crippen molar-refractivity contribution in [3.8, 4) is 0 Å². The Kier molecular flexibility index (Phi) is 5.14. The Morgan fingerprint density at radius 2 is 2.28 bits per heavy atom. The van der Waals surface area contributed by atoms with Crippen LogP contribution in [-0.2, 0) is 6.54 Å².